The second-order valence-electron chi connectivity index (χ2n) is 8.24. The summed E-state index contributed by atoms with van der Waals surface area (Å²) in [6, 6.07) is 23.2. The lowest BCUT2D eigenvalue weighted by Crippen LogP contribution is -2.32. The molecule has 0 saturated carbocycles. The van der Waals surface area contributed by atoms with Gasteiger partial charge in [-0.1, -0.05) is 42.5 Å². The molecular weight excluding hydrogens is 446 g/mol. The normalized spacial score (nSPS) is 17.8. The summed E-state index contributed by atoms with van der Waals surface area (Å²) in [5, 5.41) is 0. The summed E-state index contributed by atoms with van der Waals surface area (Å²) in [7, 11) is -0.898. The first-order valence-electron chi connectivity index (χ1n) is 11.3. The highest BCUT2D eigenvalue weighted by Gasteiger charge is 2.18. The van der Waals surface area contributed by atoms with E-state index in [2.05, 4.69) is 90.5 Å². The van der Waals surface area contributed by atoms with Crippen LogP contribution in [0.25, 0.3) is 6.08 Å². The predicted octanol–water partition coefficient (Wildman–Crippen LogP) is 6.24. The molecule has 0 bridgehead atoms. The molecule has 1 atom stereocenters. The molecule has 0 aliphatic carbocycles. The summed E-state index contributed by atoms with van der Waals surface area (Å²) < 4.78 is 17.8. The summed E-state index contributed by atoms with van der Waals surface area (Å²) in [5.74, 6) is 0.764. The number of hydrogen-bond acceptors (Lipinski definition) is 4. The van der Waals surface area contributed by atoms with Crippen LogP contribution < -0.4 is 9.03 Å². The van der Waals surface area contributed by atoms with Crippen LogP contribution in [0.4, 0.5) is 11.4 Å². The number of aliphatic imine (C=N–C) groups is 1. The maximum atomic E-state index is 12.3. The van der Waals surface area contributed by atoms with Gasteiger partial charge in [0, 0.05) is 39.7 Å². The molecule has 2 aliphatic heterocycles. The van der Waals surface area contributed by atoms with E-state index in [-0.39, 0.29) is 0 Å². The minimum absolute atomic E-state index is 0.685. The summed E-state index contributed by atoms with van der Waals surface area (Å²) in [6.07, 6.45) is 6.42. The molecule has 1 N–H and O–H groups in total. The average molecular weight is 474 g/mol. The van der Waals surface area contributed by atoms with Crippen molar-refractivity contribution in [2.45, 2.75) is 24.7 Å². The van der Waals surface area contributed by atoms with Crippen LogP contribution in [0.1, 0.15) is 35.1 Å². The first-order valence-corrected chi connectivity index (χ1v) is 13.4. The van der Waals surface area contributed by atoms with Gasteiger partial charge in [0.2, 0.25) is 0 Å². The largest absolute Gasteiger partial charge is 0.326 e. The second-order valence-corrected chi connectivity index (χ2v) is 10.6. The number of aryl methyl sites for hydroxylation is 1. The minimum atomic E-state index is -0.898. The molecule has 1 saturated heterocycles. The Labute approximate surface area is 202 Å². The fourth-order valence-electron chi connectivity index (χ4n) is 4.18. The van der Waals surface area contributed by atoms with Gasteiger partial charge >= 0.3 is 0 Å². The van der Waals surface area contributed by atoms with Gasteiger partial charge in [-0.2, -0.15) is 0 Å². The number of rotatable bonds is 5. The first kappa shape index (κ1) is 22.0. The standard InChI is InChI=1S/C27H27N3OS2/c1-20-10-11-22(19-26(20)27-25-9-3-2-7-21(25)8-6-16-28-27)29-32-24-14-12-23(13-15-24)30-17-4-5-18-33(30)31/h2-3,6-15,19,29H,4-5,16-18H2,1H3. The molecule has 0 amide bonds. The fraction of sp³-hybridized carbons (Fsp3) is 0.222. The van der Waals surface area contributed by atoms with Crippen molar-refractivity contribution < 1.29 is 4.21 Å². The van der Waals surface area contributed by atoms with Crippen molar-refractivity contribution in [3.63, 3.8) is 0 Å². The maximum absolute atomic E-state index is 12.3. The van der Waals surface area contributed by atoms with E-state index in [1.807, 2.05) is 4.31 Å². The van der Waals surface area contributed by atoms with Gasteiger partial charge in [-0.3, -0.25) is 9.30 Å². The van der Waals surface area contributed by atoms with Crippen LogP contribution in [0.5, 0.6) is 0 Å². The maximum Gasteiger partial charge on any atom is 0.119 e. The lowest BCUT2D eigenvalue weighted by atomic mass is 9.94. The van der Waals surface area contributed by atoms with Gasteiger partial charge < -0.3 is 4.72 Å². The molecule has 5 rings (SSSR count). The minimum Gasteiger partial charge on any atom is -0.326 e. The van der Waals surface area contributed by atoms with Crippen molar-refractivity contribution in [3.8, 4) is 0 Å². The zero-order valence-corrected chi connectivity index (χ0v) is 20.3. The van der Waals surface area contributed by atoms with E-state index >= 15 is 0 Å². The SMILES string of the molecule is Cc1ccc(NSc2ccc(N3CCCCS3=O)cc2)cc1C1=NCC=Cc2ccccc21. The monoisotopic (exact) mass is 473 g/mol. The highest BCUT2D eigenvalue weighted by atomic mass is 32.2. The Hall–Kier alpha value is -2.83. The van der Waals surface area contributed by atoms with Crippen LogP contribution in [-0.2, 0) is 11.0 Å². The third kappa shape index (κ3) is 4.92. The Morgan fingerprint density at radius 1 is 1.00 bits per heavy atom. The third-order valence-electron chi connectivity index (χ3n) is 5.95. The lowest BCUT2D eigenvalue weighted by molar-refractivity contribution is 0.660. The van der Waals surface area contributed by atoms with Gasteiger partial charge in [0.25, 0.3) is 0 Å². The van der Waals surface area contributed by atoms with Crippen molar-refractivity contribution in [1.82, 2.24) is 0 Å². The summed E-state index contributed by atoms with van der Waals surface area (Å²) in [6.45, 7) is 3.69. The number of benzene rings is 3. The molecule has 3 aromatic carbocycles. The van der Waals surface area contributed by atoms with Crippen LogP contribution in [0, 0.1) is 6.92 Å². The topological polar surface area (TPSA) is 44.7 Å². The van der Waals surface area contributed by atoms with Crippen LogP contribution in [0.15, 0.2) is 82.7 Å². The number of nitrogens with one attached hydrogen (secondary N) is 1. The molecule has 0 spiro atoms. The Balaban J connectivity index is 1.32. The zero-order valence-electron chi connectivity index (χ0n) is 18.7. The van der Waals surface area contributed by atoms with Crippen molar-refractivity contribution >= 4 is 46.1 Å². The number of anilines is 2. The van der Waals surface area contributed by atoms with Gasteiger partial charge in [-0.25, -0.2) is 4.21 Å². The van der Waals surface area contributed by atoms with Crippen LogP contribution in [0.2, 0.25) is 0 Å². The van der Waals surface area contributed by atoms with Gasteiger partial charge in [0.15, 0.2) is 0 Å². The van der Waals surface area contributed by atoms with Gasteiger partial charge in [0.1, 0.15) is 11.0 Å². The Bertz CT molecular complexity index is 1230. The van der Waals surface area contributed by atoms with Crippen LogP contribution in [0.3, 0.4) is 0 Å². The molecule has 2 heterocycles. The van der Waals surface area contributed by atoms with E-state index < -0.39 is 11.0 Å². The summed E-state index contributed by atoms with van der Waals surface area (Å²) in [5.41, 5.74) is 7.86. The molecule has 1 unspecified atom stereocenters. The predicted molar refractivity (Wildman–Crippen MR) is 143 cm³/mol. The second kappa shape index (κ2) is 9.98. The van der Waals surface area contributed by atoms with Crippen molar-refractivity contribution in [2.24, 2.45) is 4.99 Å². The van der Waals surface area contributed by atoms with Crippen LogP contribution >= 0.6 is 11.9 Å². The number of fused-ring (bicyclic) bond motifs is 1. The third-order valence-corrected chi connectivity index (χ3v) is 8.32. The Morgan fingerprint density at radius 2 is 1.85 bits per heavy atom. The Morgan fingerprint density at radius 3 is 2.70 bits per heavy atom. The zero-order chi connectivity index (χ0) is 22.6. The number of hydrogen-bond donors (Lipinski definition) is 1. The van der Waals surface area contributed by atoms with E-state index in [0.717, 1.165) is 52.7 Å². The van der Waals surface area contributed by atoms with Gasteiger partial charge in [-0.15, -0.1) is 0 Å². The highest BCUT2D eigenvalue weighted by molar-refractivity contribution is 8.00. The molecule has 6 heteroatoms. The van der Waals surface area contributed by atoms with E-state index in [4.69, 9.17) is 4.99 Å². The van der Waals surface area contributed by atoms with E-state index in [1.54, 1.807) is 11.9 Å². The molecule has 0 aromatic heterocycles. The summed E-state index contributed by atoms with van der Waals surface area (Å²) in [4.78, 5) is 6.00. The number of nitrogens with zero attached hydrogens (tertiary/aromatic N) is 2. The van der Waals surface area contributed by atoms with Crippen molar-refractivity contribution in [2.75, 3.05) is 27.9 Å². The molecule has 1 fully saturated rings. The molecule has 4 nitrogen and oxygen atoms in total. The van der Waals surface area contributed by atoms with E-state index in [0.29, 0.717) is 6.54 Å². The van der Waals surface area contributed by atoms with Crippen molar-refractivity contribution in [3.05, 3.63) is 95.1 Å². The Kier molecular flexibility index (Phi) is 6.65. The van der Waals surface area contributed by atoms with Gasteiger partial charge in [-0.05, 0) is 79.2 Å². The quantitative estimate of drug-likeness (QED) is 0.446. The molecule has 33 heavy (non-hydrogen) atoms. The van der Waals surface area contributed by atoms with Crippen LogP contribution in [-0.4, -0.2) is 28.8 Å². The molecule has 2 aliphatic rings. The first-order chi connectivity index (χ1) is 16.2. The molecule has 168 valence electrons. The summed E-state index contributed by atoms with van der Waals surface area (Å²) >= 11 is 1.58. The highest BCUT2D eigenvalue weighted by Crippen LogP contribution is 2.29. The molecule has 3 aromatic rings. The van der Waals surface area contributed by atoms with E-state index in [1.165, 1.54) is 16.7 Å². The van der Waals surface area contributed by atoms with Gasteiger partial charge in [0.05, 0.1) is 12.3 Å². The molecule has 0 radical (unpaired) electrons. The lowest BCUT2D eigenvalue weighted by Gasteiger charge is -2.27. The fourth-order valence-corrected chi connectivity index (χ4v) is 6.17. The van der Waals surface area contributed by atoms with E-state index in [9.17, 15) is 4.21 Å². The smallest absolute Gasteiger partial charge is 0.119 e. The molecular formula is C27H27N3OS2. The average Bonchev–Trinajstić information content (AvgIpc) is 3.07. The van der Waals surface area contributed by atoms with Crippen molar-refractivity contribution in [1.29, 1.82) is 0 Å².